The number of methoxy groups -OCH3 is 4. The molecular formula is C20H18O5. The first-order valence-electron chi connectivity index (χ1n) is 7.82. The molecule has 0 aliphatic carbocycles. The number of hydrogen-bond donors (Lipinski definition) is 0. The van der Waals surface area contributed by atoms with Crippen molar-refractivity contribution in [2.24, 2.45) is 0 Å². The molecule has 0 aliphatic rings. The van der Waals surface area contributed by atoms with E-state index >= 15 is 0 Å². The summed E-state index contributed by atoms with van der Waals surface area (Å²) in [5.41, 5.74) is 0.802. The Labute approximate surface area is 144 Å². The van der Waals surface area contributed by atoms with Crippen LogP contribution in [0.15, 0.2) is 41.0 Å². The first-order chi connectivity index (χ1) is 12.2. The number of hydrogen-bond acceptors (Lipinski definition) is 5. The fourth-order valence-electron chi connectivity index (χ4n) is 3.34. The summed E-state index contributed by atoms with van der Waals surface area (Å²) in [5, 5.41) is 5.02. The largest absolute Gasteiger partial charge is 0.493 e. The van der Waals surface area contributed by atoms with Crippen LogP contribution < -0.4 is 18.9 Å². The normalized spacial score (nSPS) is 11.2. The van der Waals surface area contributed by atoms with Gasteiger partial charge in [-0.3, -0.25) is 0 Å². The summed E-state index contributed by atoms with van der Waals surface area (Å²) < 4.78 is 27.6. The Hall–Kier alpha value is -3.08. The van der Waals surface area contributed by atoms with Crippen molar-refractivity contribution >= 4 is 32.5 Å². The van der Waals surface area contributed by atoms with Crippen LogP contribution in [0.1, 0.15) is 0 Å². The molecule has 0 fully saturated rings. The summed E-state index contributed by atoms with van der Waals surface area (Å²) in [6.45, 7) is 0. The van der Waals surface area contributed by atoms with Gasteiger partial charge in [-0.15, -0.1) is 0 Å². The summed E-state index contributed by atoms with van der Waals surface area (Å²) in [5.74, 6) is 2.68. The molecule has 5 heteroatoms. The van der Waals surface area contributed by atoms with Crippen LogP contribution >= 0.6 is 0 Å². The van der Waals surface area contributed by atoms with E-state index in [0.29, 0.717) is 23.0 Å². The molecule has 0 atom stereocenters. The van der Waals surface area contributed by atoms with Gasteiger partial charge < -0.3 is 23.4 Å². The number of benzene rings is 3. The Morgan fingerprint density at radius 2 is 0.960 bits per heavy atom. The Kier molecular flexibility index (Phi) is 3.57. The molecular weight excluding hydrogens is 320 g/mol. The van der Waals surface area contributed by atoms with Gasteiger partial charge >= 0.3 is 0 Å². The third kappa shape index (κ3) is 2.16. The van der Waals surface area contributed by atoms with Gasteiger partial charge in [0.05, 0.1) is 34.7 Å². The van der Waals surface area contributed by atoms with Crippen molar-refractivity contribution in [1.82, 2.24) is 0 Å². The minimum Gasteiger partial charge on any atom is -0.493 e. The van der Waals surface area contributed by atoms with Crippen LogP contribution in [0.3, 0.4) is 0 Å². The molecule has 0 saturated carbocycles. The quantitative estimate of drug-likeness (QED) is 0.502. The molecule has 0 spiro atoms. The molecule has 0 amide bonds. The zero-order valence-corrected chi connectivity index (χ0v) is 14.5. The van der Waals surface area contributed by atoms with Crippen molar-refractivity contribution in [3.05, 3.63) is 36.6 Å². The van der Waals surface area contributed by atoms with Gasteiger partial charge in [0.2, 0.25) is 0 Å². The molecule has 25 heavy (non-hydrogen) atoms. The highest BCUT2D eigenvalue weighted by Crippen LogP contribution is 2.44. The standard InChI is InChI=1S/C20H18O5/c1-21-16-7-12-11-5-6-25-20(11)15-10-19(24-4)18(23-3)9-14(15)13(12)8-17(16)22-2/h5-10H,1-4H3. The molecule has 1 aromatic heterocycles. The Morgan fingerprint density at radius 3 is 1.44 bits per heavy atom. The number of furan rings is 1. The first-order valence-corrected chi connectivity index (χ1v) is 7.82. The number of rotatable bonds is 4. The summed E-state index contributed by atoms with van der Waals surface area (Å²) in [7, 11) is 6.51. The fraction of sp³-hybridized carbons (Fsp3) is 0.200. The highest BCUT2D eigenvalue weighted by atomic mass is 16.5. The molecule has 5 nitrogen and oxygen atoms in total. The molecule has 0 bridgehead atoms. The van der Waals surface area contributed by atoms with Gasteiger partial charge in [-0.1, -0.05) is 0 Å². The van der Waals surface area contributed by atoms with Gasteiger partial charge in [0.25, 0.3) is 0 Å². The minimum absolute atomic E-state index is 0.660. The van der Waals surface area contributed by atoms with E-state index in [4.69, 9.17) is 23.4 Å². The number of fused-ring (bicyclic) bond motifs is 6. The molecule has 1 heterocycles. The van der Waals surface area contributed by atoms with Crippen LogP contribution in [0.4, 0.5) is 0 Å². The lowest BCUT2D eigenvalue weighted by atomic mass is 9.97. The average Bonchev–Trinajstić information content (AvgIpc) is 3.15. The lowest BCUT2D eigenvalue weighted by Gasteiger charge is -2.14. The van der Waals surface area contributed by atoms with Crippen molar-refractivity contribution in [3.8, 4) is 23.0 Å². The fourth-order valence-corrected chi connectivity index (χ4v) is 3.34. The van der Waals surface area contributed by atoms with E-state index in [-0.39, 0.29) is 0 Å². The number of ether oxygens (including phenoxy) is 4. The third-order valence-electron chi connectivity index (χ3n) is 4.54. The average molecular weight is 338 g/mol. The molecule has 0 radical (unpaired) electrons. The van der Waals surface area contributed by atoms with Crippen LogP contribution in [0.2, 0.25) is 0 Å². The molecule has 0 N–H and O–H groups in total. The van der Waals surface area contributed by atoms with Gasteiger partial charge in [-0.25, -0.2) is 0 Å². The maximum atomic E-state index is 5.77. The molecule has 4 rings (SSSR count). The van der Waals surface area contributed by atoms with Gasteiger partial charge in [-0.05, 0) is 46.5 Å². The zero-order chi connectivity index (χ0) is 17.6. The van der Waals surface area contributed by atoms with E-state index in [2.05, 4.69) is 0 Å². The topological polar surface area (TPSA) is 50.1 Å². The van der Waals surface area contributed by atoms with Crippen LogP contribution in [-0.4, -0.2) is 28.4 Å². The van der Waals surface area contributed by atoms with Crippen molar-refractivity contribution in [2.45, 2.75) is 0 Å². The maximum Gasteiger partial charge on any atom is 0.161 e. The van der Waals surface area contributed by atoms with Crippen LogP contribution in [0, 0.1) is 0 Å². The second-order valence-electron chi connectivity index (χ2n) is 5.67. The lowest BCUT2D eigenvalue weighted by molar-refractivity contribution is 0.355. The second-order valence-corrected chi connectivity index (χ2v) is 5.67. The maximum absolute atomic E-state index is 5.77. The Morgan fingerprint density at radius 1 is 0.560 bits per heavy atom. The molecule has 0 aliphatic heterocycles. The molecule has 128 valence electrons. The molecule has 0 saturated heterocycles. The molecule has 0 unspecified atom stereocenters. The predicted octanol–water partition coefficient (Wildman–Crippen LogP) is 4.77. The summed E-state index contributed by atoms with van der Waals surface area (Å²) in [4.78, 5) is 0. The highest BCUT2D eigenvalue weighted by Gasteiger charge is 2.17. The summed E-state index contributed by atoms with van der Waals surface area (Å²) in [6, 6.07) is 9.82. The second kappa shape index (κ2) is 5.77. The van der Waals surface area contributed by atoms with E-state index in [0.717, 1.165) is 32.5 Å². The van der Waals surface area contributed by atoms with E-state index in [1.165, 1.54) is 0 Å². The molecule has 4 aromatic rings. The van der Waals surface area contributed by atoms with Crippen molar-refractivity contribution in [1.29, 1.82) is 0 Å². The van der Waals surface area contributed by atoms with E-state index < -0.39 is 0 Å². The van der Waals surface area contributed by atoms with Crippen molar-refractivity contribution in [3.63, 3.8) is 0 Å². The predicted molar refractivity (Wildman–Crippen MR) is 97.4 cm³/mol. The van der Waals surface area contributed by atoms with Gasteiger partial charge in [0.1, 0.15) is 5.58 Å². The summed E-state index contributed by atoms with van der Waals surface area (Å²) >= 11 is 0. The van der Waals surface area contributed by atoms with Crippen LogP contribution in [0.5, 0.6) is 23.0 Å². The van der Waals surface area contributed by atoms with E-state index in [9.17, 15) is 0 Å². The van der Waals surface area contributed by atoms with Crippen LogP contribution in [0.25, 0.3) is 32.5 Å². The van der Waals surface area contributed by atoms with Crippen LogP contribution in [-0.2, 0) is 0 Å². The van der Waals surface area contributed by atoms with Gasteiger partial charge in [-0.2, -0.15) is 0 Å². The van der Waals surface area contributed by atoms with E-state index in [1.807, 2.05) is 30.3 Å². The SMILES string of the molecule is COc1cc2c(cc1OC)c1ccoc1c1cc(OC)c(OC)cc21. The Balaban J connectivity index is 2.25. The van der Waals surface area contributed by atoms with Crippen molar-refractivity contribution < 1.29 is 23.4 Å². The Bertz CT molecular complexity index is 1010. The van der Waals surface area contributed by atoms with Gasteiger partial charge in [0, 0.05) is 10.8 Å². The first kappa shape index (κ1) is 15.4. The minimum atomic E-state index is 0.660. The smallest absolute Gasteiger partial charge is 0.161 e. The zero-order valence-electron chi connectivity index (χ0n) is 14.5. The lowest BCUT2D eigenvalue weighted by Crippen LogP contribution is -1.93. The van der Waals surface area contributed by atoms with Crippen molar-refractivity contribution in [2.75, 3.05) is 28.4 Å². The monoisotopic (exact) mass is 338 g/mol. The van der Waals surface area contributed by atoms with Gasteiger partial charge in [0.15, 0.2) is 23.0 Å². The highest BCUT2D eigenvalue weighted by molar-refractivity contribution is 6.24. The molecule has 3 aromatic carbocycles. The third-order valence-corrected chi connectivity index (χ3v) is 4.54. The van der Waals surface area contributed by atoms with E-state index in [1.54, 1.807) is 34.7 Å². The summed E-state index contributed by atoms with van der Waals surface area (Å²) in [6.07, 6.45) is 1.69.